The minimum absolute atomic E-state index is 0.125. The number of aliphatic carboxylic acids is 2. The molecule has 2 saturated heterocycles. The Hall–Kier alpha value is -4.40. The second-order valence-corrected chi connectivity index (χ2v) is 14.5. The zero-order valence-electron chi connectivity index (χ0n) is 25.9. The van der Waals surface area contributed by atoms with Gasteiger partial charge in [-0.1, -0.05) is 28.3 Å². The van der Waals surface area contributed by atoms with Gasteiger partial charge in [0.2, 0.25) is 5.60 Å². The molecule has 6 rings (SSSR count). The number of β-lactam (4-membered cyclic amide) rings is 1. The monoisotopic (exact) mass is 717 g/mol. The minimum atomic E-state index is -1.77. The highest BCUT2D eigenvalue weighted by molar-refractivity contribution is 8.01. The highest BCUT2D eigenvalue weighted by Gasteiger charge is 2.53. The second-order valence-electron chi connectivity index (χ2n) is 11.4. The van der Waals surface area contributed by atoms with Crippen molar-refractivity contribution >= 4 is 80.9 Å². The lowest BCUT2D eigenvalue weighted by Gasteiger charge is -2.50. The number of rotatable bonds is 11. The number of carboxylic acids is 2. The molecular weight excluding hydrogens is 687 g/mol. The van der Waals surface area contributed by atoms with Crippen molar-refractivity contribution in [3.8, 4) is 0 Å². The van der Waals surface area contributed by atoms with Crippen LogP contribution in [0.1, 0.15) is 18.7 Å². The first-order chi connectivity index (χ1) is 22.9. The number of anilines is 2. The number of oxime groups is 1. The van der Waals surface area contributed by atoms with Gasteiger partial charge in [-0.05, 0) is 19.4 Å². The van der Waals surface area contributed by atoms with Crippen LogP contribution in [0.4, 0.5) is 10.9 Å². The van der Waals surface area contributed by atoms with Gasteiger partial charge in [-0.3, -0.25) is 14.5 Å². The number of nitrogens with one attached hydrogen (secondary N) is 1. The topological polar surface area (TPSA) is 221 Å². The molecule has 0 aromatic carbocycles. The maximum atomic E-state index is 13.4. The number of nitrogens with two attached hydrogens (primary N) is 1. The third-order valence-corrected chi connectivity index (χ3v) is 11.0. The Morgan fingerprint density at radius 3 is 2.75 bits per heavy atom. The summed E-state index contributed by atoms with van der Waals surface area (Å²) in [6.45, 7) is 5.09. The standard InChI is InChI=1S/C28H31N9O8S3/c1-28(2,25(42)43)45-33-18(15-11-30-26(29)48-15)21(38)32-19-22(39)37-20(24(40)41)14(12-46-23(19)37)13-47-27-31-16(35-6-8-44-9-7-35)10-17-34(3)4-5-36(17)27/h4-5,10-11,19,23H,6-9,12-13H2,1-3H3,(H4-,29,30,32,33,38,40,41,42,43). The van der Waals surface area contributed by atoms with Gasteiger partial charge in [0, 0.05) is 30.8 Å². The lowest BCUT2D eigenvalue weighted by Crippen LogP contribution is -2.71. The van der Waals surface area contributed by atoms with E-state index in [1.807, 2.05) is 34.5 Å². The fraction of sp³-hybridized carbons (Fsp3) is 0.429. The van der Waals surface area contributed by atoms with Crippen LogP contribution in [0.2, 0.25) is 0 Å². The van der Waals surface area contributed by atoms with Crippen LogP contribution in [0.5, 0.6) is 0 Å². The number of thioether (sulfide) groups is 2. The number of morpholine rings is 1. The number of carbonyl (C=O) groups is 4. The summed E-state index contributed by atoms with van der Waals surface area (Å²) in [6.07, 6.45) is 5.06. The zero-order chi connectivity index (χ0) is 34.3. The normalized spacial score (nSPS) is 20.1. The summed E-state index contributed by atoms with van der Waals surface area (Å²) in [5.41, 5.74) is 4.76. The van der Waals surface area contributed by atoms with E-state index < -0.39 is 40.8 Å². The zero-order valence-corrected chi connectivity index (χ0v) is 28.4. The van der Waals surface area contributed by atoms with Crippen molar-refractivity contribution in [2.75, 3.05) is 48.4 Å². The van der Waals surface area contributed by atoms with Crippen LogP contribution >= 0.6 is 34.9 Å². The Morgan fingerprint density at radius 2 is 2.08 bits per heavy atom. The molecule has 2 atom stereocenters. The van der Waals surface area contributed by atoms with E-state index in [9.17, 15) is 29.4 Å². The molecule has 0 saturated carbocycles. The molecule has 6 heterocycles. The van der Waals surface area contributed by atoms with Gasteiger partial charge in [0.15, 0.2) is 10.8 Å². The van der Waals surface area contributed by atoms with Crippen LogP contribution in [0.15, 0.2) is 46.2 Å². The summed E-state index contributed by atoms with van der Waals surface area (Å²) in [6, 6.07) is 0.898. The van der Waals surface area contributed by atoms with Gasteiger partial charge in [0.25, 0.3) is 22.6 Å². The molecule has 3 aliphatic heterocycles. The van der Waals surface area contributed by atoms with E-state index in [1.54, 1.807) is 0 Å². The van der Waals surface area contributed by atoms with E-state index in [1.165, 1.54) is 43.6 Å². The van der Waals surface area contributed by atoms with Gasteiger partial charge in [0.1, 0.15) is 29.6 Å². The predicted molar refractivity (Wildman–Crippen MR) is 173 cm³/mol. The van der Waals surface area contributed by atoms with Crippen LogP contribution in [0.3, 0.4) is 0 Å². The average molecular weight is 718 g/mol. The molecule has 2 unspecified atom stereocenters. The summed E-state index contributed by atoms with van der Waals surface area (Å²) in [4.78, 5) is 68.1. The second kappa shape index (κ2) is 13.2. The molecule has 2 fully saturated rings. The SMILES string of the molecule is C[n+]1ccn2c(SCC3=C(C(=O)[O-])N4C(=O)C(NC(=O)/C(=N\OC(C)(C)C(=O)O)c5cnc(N)s5)C4SC3)nc(N3CCOCC3)cc21. The molecule has 3 aliphatic rings. The van der Waals surface area contributed by atoms with Crippen LogP contribution in [-0.4, -0.2) is 109 Å². The van der Waals surface area contributed by atoms with Gasteiger partial charge in [-0.25, -0.2) is 14.3 Å². The number of amides is 2. The molecule has 0 radical (unpaired) electrons. The number of aryl methyl sites for hydroxylation is 1. The molecule has 0 spiro atoms. The first-order valence-corrected chi connectivity index (χ1v) is 17.4. The predicted octanol–water partition coefficient (Wildman–Crippen LogP) is -1.19. The highest BCUT2D eigenvalue weighted by Crippen LogP contribution is 2.41. The smallest absolute Gasteiger partial charge is 0.350 e. The lowest BCUT2D eigenvalue weighted by molar-refractivity contribution is -0.644. The Balaban J connectivity index is 1.21. The van der Waals surface area contributed by atoms with Gasteiger partial charge < -0.3 is 40.5 Å². The molecule has 0 aliphatic carbocycles. The third-order valence-electron chi connectivity index (χ3n) is 7.81. The number of aromatic nitrogens is 4. The van der Waals surface area contributed by atoms with Crippen molar-refractivity contribution in [1.29, 1.82) is 0 Å². The van der Waals surface area contributed by atoms with Crippen molar-refractivity contribution in [2.24, 2.45) is 12.2 Å². The van der Waals surface area contributed by atoms with Crippen molar-refractivity contribution in [3.63, 3.8) is 0 Å². The number of imidazole rings is 1. The maximum Gasteiger partial charge on any atom is 0.350 e. The summed E-state index contributed by atoms with van der Waals surface area (Å²) in [5.74, 6) is -3.06. The quantitative estimate of drug-likeness (QED) is 0.0531. The van der Waals surface area contributed by atoms with Gasteiger partial charge >= 0.3 is 5.97 Å². The number of nitrogens with zero attached hydrogens (tertiary/aromatic N) is 7. The Bertz CT molecular complexity index is 1870. The third kappa shape index (κ3) is 6.39. The summed E-state index contributed by atoms with van der Waals surface area (Å²) in [5, 5.41) is 28.2. The number of hydrogen-bond acceptors (Lipinski definition) is 15. The molecule has 3 aromatic heterocycles. The van der Waals surface area contributed by atoms with Crippen LogP contribution < -0.4 is 25.6 Å². The minimum Gasteiger partial charge on any atom is -0.543 e. The lowest BCUT2D eigenvalue weighted by atomic mass is 10.0. The molecular formula is C28H31N9O8S3. The largest absolute Gasteiger partial charge is 0.543 e. The molecule has 0 bridgehead atoms. The Kier molecular flexibility index (Phi) is 9.25. The molecule has 48 heavy (non-hydrogen) atoms. The van der Waals surface area contributed by atoms with Crippen molar-refractivity contribution < 1.29 is 43.5 Å². The average Bonchev–Trinajstić information content (AvgIpc) is 3.67. The van der Waals surface area contributed by atoms with Crippen LogP contribution in [-0.2, 0) is 35.8 Å². The van der Waals surface area contributed by atoms with E-state index >= 15 is 0 Å². The van der Waals surface area contributed by atoms with Crippen LogP contribution in [0, 0.1) is 0 Å². The first-order valence-electron chi connectivity index (χ1n) is 14.6. The van der Waals surface area contributed by atoms with Crippen molar-refractivity contribution in [2.45, 2.75) is 36.0 Å². The summed E-state index contributed by atoms with van der Waals surface area (Å²) >= 11 is 3.55. The highest BCUT2D eigenvalue weighted by atomic mass is 32.2. The number of carbonyl (C=O) groups excluding carboxylic acids is 3. The Morgan fingerprint density at radius 1 is 1.33 bits per heavy atom. The van der Waals surface area contributed by atoms with Gasteiger partial charge in [-0.2, -0.15) is 9.38 Å². The van der Waals surface area contributed by atoms with E-state index in [2.05, 4.69) is 20.4 Å². The first kappa shape index (κ1) is 33.5. The van der Waals surface area contributed by atoms with Crippen molar-refractivity contribution in [3.05, 3.63) is 40.8 Å². The summed E-state index contributed by atoms with van der Waals surface area (Å²) < 4.78 is 9.37. The summed E-state index contributed by atoms with van der Waals surface area (Å²) in [7, 11) is 1.93. The van der Waals surface area contributed by atoms with Gasteiger partial charge in [0.05, 0.1) is 42.9 Å². The maximum absolute atomic E-state index is 13.4. The number of fused-ring (bicyclic) bond motifs is 2. The molecule has 254 valence electrons. The molecule has 17 nitrogen and oxygen atoms in total. The number of ether oxygens (including phenoxy) is 1. The van der Waals surface area contributed by atoms with E-state index in [0.29, 0.717) is 37.0 Å². The molecule has 20 heteroatoms. The number of hydrogen-bond donors (Lipinski definition) is 3. The molecule has 2 amide bonds. The fourth-order valence-electron chi connectivity index (χ4n) is 5.12. The number of thiazole rings is 1. The van der Waals surface area contributed by atoms with Gasteiger partial charge in [-0.15, -0.1) is 11.8 Å². The van der Waals surface area contributed by atoms with E-state index in [-0.39, 0.29) is 32.9 Å². The van der Waals surface area contributed by atoms with E-state index in [0.717, 1.165) is 27.7 Å². The van der Waals surface area contributed by atoms with Crippen molar-refractivity contribution in [1.82, 2.24) is 24.6 Å². The number of nitrogen functional groups attached to an aromatic ring is 1. The van der Waals surface area contributed by atoms with Crippen LogP contribution in [0.25, 0.3) is 5.65 Å². The van der Waals surface area contributed by atoms with E-state index in [4.69, 9.17) is 20.3 Å². The fourth-order valence-corrected chi connectivity index (χ4v) is 8.25. The molecule has 3 aromatic rings. The molecule has 4 N–H and O–H groups in total. The Labute approximate surface area is 285 Å². The number of carboxylic acid groups (broad SMARTS) is 2.